The molecule has 0 unspecified atom stereocenters. The summed E-state index contributed by atoms with van der Waals surface area (Å²) >= 11 is 0. The van der Waals surface area contributed by atoms with E-state index in [9.17, 15) is 9.59 Å². The van der Waals surface area contributed by atoms with Crippen LogP contribution in [0.2, 0.25) is 0 Å². The Kier molecular flexibility index (Phi) is 4.85. The fourth-order valence-corrected chi connectivity index (χ4v) is 1.40. The fraction of sp³-hybridized carbons (Fsp3) is 0.385. The molecule has 0 aromatic heterocycles. The van der Waals surface area contributed by atoms with Gasteiger partial charge < -0.3 is 15.8 Å². The number of para-hydroxylation sites is 1. The molecule has 98 valence electrons. The number of rotatable bonds is 4. The van der Waals surface area contributed by atoms with Gasteiger partial charge in [0.2, 0.25) is 5.91 Å². The monoisotopic (exact) mass is 250 g/mol. The first-order valence-corrected chi connectivity index (χ1v) is 5.71. The highest BCUT2D eigenvalue weighted by molar-refractivity contribution is 6.02. The van der Waals surface area contributed by atoms with Gasteiger partial charge in [-0.25, -0.2) is 4.79 Å². The van der Waals surface area contributed by atoms with Gasteiger partial charge in [-0.3, -0.25) is 4.79 Å². The lowest BCUT2D eigenvalue weighted by Crippen LogP contribution is -2.40. The van der Waals surface area contributed by atoms with Crippen molar-refractivity contribution in [2.45, 2.75) is 19.9 Å². The molecule has 0 saturated carbocycles. The molecule has 0 fully saturated rings. The predicted octanol–water partition coefficient (Wildman–Crippen LogP) is 1.40. The largest absolute Gasteiger partial charge is 0.465 e. The minimum atomic E-state index is -0.615. The number of nitrogens with one attached hydrogen (secondary N) is 1. The average Bonchev–Trinajstić information content (AvgIpc) is 2.37. The Hall–Kier alpha value is -1.88. The predicted molar refractivity (Wildman–Crippen MR) is 69.2 cm³/mol. The molecule has 0 bridgehead atoms. The molecule has 0 radical (unpaired) electrons. The Morgan fingerprint density at radius 3 is 2.44 bits per heavy atom. The van der Waals surface area contributed by atoms with Crippen molar-refractivity contribution in [3.8, 4) is 0 Å². The van der Waals surface area contributed by atoms with E-state index in [1.807, 2.05) is 13.8 Å². The van der Waals surface area contributed by atoms with Crippen LogP contribution in [0, 0.1) is 5.92 Å². The number of hydrogen-bond acceptors (Lipinski definition) is 4. The van der Waals surface area contributed by atoms with E-state index in [4.69, 9.17) is 5.73 Å². The molecule has 1 aromatic carbocycles. The van der Waals surface area contributed by atoms with E-state index in [0.29, 0.717) is 11.3 Å². The molecule has 3 N–H and O–H groups in total. The number of anilines is 1. The number of methoxy groups -OCH3 is 1. The minimum absolute atomic E-state index is 0.0234. The van der Waals surface area contributed by atoms with E-state index in [-0.39, 0.29) is 11.8 Å². The summed E-state index contributed by atoms with van der Waals surface area (Å²) in [4.78, 5) is 23.3. The van der Waals surface area contributed by atoms with E-state index in [0.717, 1.165) is 0 Å². The van der Waals surface area contributed by atoms with E-state index in [2.05, 4.69) is 10.1 Å². The van der Waals surface area contributed by atoms with E-state index in [1.54, 1.807) is 24.3 Å². The van der Waals surface area contributed by atoms with Crippen LogP contribution in [0.4, 0.5) is 5.69 Å². The van der Waals surface area contributed by atoms with Gasteiger partial charge in [-0.05, 0) is 18.1 Å². The van der Waals surface area contributed by atoms with Gasteiger partial charge >= 0.3 is 5.97 Å². The van der Waals surface area contributed by atoms with Gasteiger partial charge in [0.15, 0.2) is 0 Å². The van der Waals surface area contributed by atoms with E-state index < -0.39 is 12.0 Å². The van der Waals surface area contributed by atoms with Gasteiger partial charge in [-0.15, -0.1) is 0 Å². The lowest BCUT2D eigenvalue weighted by atomic mass is 10.0. The zero-order chi connectivity index (χ0) is 13.7. The van der Waals surface area contributed by atoms with Gasteiger partial charge in [0, 0.05) is 0 Å². The van der Waals surface area contributed by atoms with Gasteiger partial charge in [-0.1, -0.05) is 26.0 Å². The molecule has 0 aliphatic rings. The normalized spacial score (nSPS) is 12.1. The molecule has 0 saturated heterocycles. The highest BCUT2D eigenvalue weighted by Gasteiger charge is 2.19. The van der Waals surface area contributed by atoms with Gasteiger partial charge in [-0.2, -0.15) is 0 Å². The smallest absolute Gasteiger partial charge is 0.339 e. The topological polar surface area (TPSA) is 81.4 Å². The van der Waals surface area contributed by atoms with Crippen LogP contribution in [0.5, 0.6) is 0 Å². The van der Waals surface area contributed by atoms with Gasteiger partial charge in [0.25, 0.3) is 0 Å². The summed E-state index contributed by atoms with van der Waals surface area (Å²) in [6.07, 6.45) is 0. The summed E-state index contributed by atoms with van der Waals surface area (Å²) in [7, 11) is 1.29. The fourth-order valence-electron chi connectivity index (χ4n) is 1.40. The van der Waals surface area contributed by atoms with Crippen LogP contribution in [0.25, 0.3) is 0 Å². The van der Waals surface area contributed by atoms with Crippen molar-refractivity contribution >= 4 is 17.6 Å². The van der Waals surface area contributed by atoms with Crippen molar-refractivity contribution in [2.75, 3.05) is 12.4 Å². The molecule has 1 rings (SSSR count). The SMILES string of the molecule is COC(=O)c1ccccc1NC(=O)[C@@H](N)C(C)C. The first kappa shape index (κ1) is 14.2. The number of benzene rings is 1. The number of amides is 1. The third-order valence-electron chi connectivity index (χ3n) is 2.61. The quantitative estimate of drug-likeness (QED) is 0.791. The molecule has 1 aromatic rings. The molecule has 5 nitrogen and oxygen atoms in total. The summed E-state index contributed by atoms with van der Waals surface area (Å²) < 4.78 is 4.64. The van der Waals surface area contributed by atoms with Crippen molar-refractivity contribution in [1.82, 2.24) is 0 Å². The lowest BCUT2D eigenvalue weighted by Gasteiger charge is -2.16. The second-order valence-electron chi connectivity index (χ2n) is 4.30. The maximum atomic E-state index is 11.8. The zero-order valence-corrected chi connectivity index (χ0v) is 10.8. The van der Waals surface area contributed by atoms with Crippen LogP contribution >= 0.6 is 0 Å². The molecule has 0 aliphatic heterocycles. The Bertz CT molecular complexity index is 444. The Morgan fingerprint density at radius 1 is 1.28 bits per heavy atom. The van der Waals surface area contributed by atoms with Crippen LogP contribution in [0.3, 0.4) is 0 Å². The molecule has 5 heteroatoms. The van der Waals surface area contributed by atoms with Gasteiger partial charge in [0.1, 0.15) is 0 Å². The Morgan fingerprint density at radius 2 is 1.89 bits per heavy atom. The molecule has 1 atom stereocenters. The summed E-state index contributed by atoms with van der Waals surface area (Å²) in [6.45, 7) is 3.72. The maximum Gasteiger partial charge on any atom is 0.339 e. The molecule has 0 spiro atoms. The van der Waals surface area contributed by atoms with Crippen LogP contribution in [-0.4, -0.2) is 25.0 Å². The number of esters is 1. The third-order valence-corrected chi connectivity index (χ3v) is 2.61. The van der Waals surface area contributed by atoms with Crippen molar-refractivity contribution in [2.24, 2.45) is 11.7 Å². The minimum Gasteiger partial charge on any atom is -0.465 e. The van der Waals surface area contributed by atoms with Crippen LogP contribution in [0.1, 0.15) is 24.2 Å². The third kappa shape index (κ3) is 3.30. The second-order valence-corrected chi connectivity index (χ2v) is 4.30. The highest BCUT2D eigenvalue weighted by atomic mass is 16.5. The number of carbonyl (C=O) groups excluding carboxylic acids is 2. The van der Waals surface area contributed by atoms with Crippen LogP contribution in [0.15, 0.2) is 24.3 Å². The molecule has 18 heavy (non-hydrogen) atoms. The Balaban J connectivity index is 2.91. The van der Waals surface area contributed by atoms with Crippen molar-refractivity contribution < 1.29 is 14.3 Å². The Labute approximate surface area is 106 Å². The number of hydrogen-bond donors (Lipinski definition) is 2. The summed E-state index contributed by atoms with van der Waals surface area (Å²) in [5.74, 6) is -0.791. The average molecular weight is 250 g/mol. The molecule has 0 aliphatic carbocycles. The maximum absolute atomic E-state index is 11.8. The van der Waals surface area contributed by atoms with E-state index >= 15 is 0 Å². The van der Waals surface area contributed by atoms with Crippen LogP contribution < -0.4 is 11.1 Å². The molecule has 0 heterocycles. The van der Waals surface area contributed by atoms with Crippen LogP contribution in [-0.2, 0) is 9.53 Å². The standard InChI is InChI=1S/C13H18N2O3/c1-8(2)11(14)12(16)15-10-7-5-4-6-9(10)13(17)18-3/h4-8,11H,14H2,1-3H3,(H,15,16)/t11-/m0/s1. The first-order chi connectivity index (χ1) is 8.47. The highest BCUT2D eigenvalue weighted by Crippen LogP contribution is 2.16. The van der Waals surface area contributed by atoms with Crippen molar-refractivity contribution in [1.29, 1.82) is 0 Å². The number of nitrogens with two attached hydrogens (primary N) is 1. The lowest BCUT2D eigenvalue weighted by molar-refractivity contribution is -0.118. The van der Waals surface area contributed by atoms with Gasteiger partial charge in [0.05, 0.1) is 24.4 Å². The van der Waals surface area contributed by atoms with Crippen molar-refractivity contribution in [3.05, 3.63) is 29.8 Å². The first-order valence-electron chi connectivity index (χ1n) is 5.71. The summed E-state index contributed by atoms with van der Waals surface area (Å²) in [5.41, 5.74) is 6.46. The molecular weight excluding hydrogens is 232 g/mol. The van der Waals surface area contributed by atoms with Crippen molar-refractivity contribution in [3.63, 3.8) is 0 Å². The molecular formula is C13H18N2O3. The second kappa shape index (κ2) is 6.16. The number of ether oxygens (including phenoxy) is 1. The zero-order valence-electron chi connectivity index (χ0n) is 10.8. The molecule has 1 amide bonds. The van der Waals surface area contributed by atoms with E-state index in [1.165, 1.54) is 7.11 Å². The summed E-state index contributed by atoms with van der Waals surface area (Å²) in [5, 5.41) is 2.64. The number of carbonyl (C=O) groups is 2. The summed E-state index contributed by atoms with van der Waals surface area (Å²) in [6, 6.07) is 6.03.